The number of allylic oxidation sites excluding steroid dienone is 3. The fourth-order valence-electron chi connectivity index (χ4n) is 4.73. The predicted molar refractivity (Wildman–Crippen MR) is 114 cm³/mol. The third-order valence-corrected chi connectivity index (χ3v) is 5.87. The summed E-state index contributed by atoms with van der Waals surface area (Å²) in [5.74, 6) is -0.671. The molecule has 0 saturated heterocycles. The quantitative estimate of drug-likeness (QED) is 0.750. The van der Waals surface area contributed by atoms with Crippen molar-refractivity contribution in [2.24, 2.45) is 5.41 Å². The summed E-state index contributed by atoms with van der Waals surface area (Å²) in [6.07, 6.45) is 1.26. The highest BCUT2D eigenvalue weighted by Gasteiger charge is 2.43. The number of Topliss-reactive ketones (excluding diaryl/α,β-unsaturated/α-hetero) is 1. The van der Waals surface area contributed by atoms with Crippen molar-refractivity contribution in [3.8, 4) is 0 Å². The molecule has 0 aromatic heterocycles. The predicted octanol–water partition coefficient (Wildman–Crippen LogP) is 5.01. The van der Waals surface area contributed by atoms with Crippen LogP contribution in [-0.4, -0.2) is 18.4 Å². The number of ether oxygens (including phenoxy) is 1. The molecule has 0 radical (unpaired) electrons. The SMILES string of the molecule is CCOC(=O)C1=C(C)NC2=C(C(=O)CC(C)(C)C2)[C@@H]1c1cccc2ccccc12. The fourth-order valence-corrected chi connectivity index (χ4v) is 4.73. The van der Waals surface area contributed by atoms with Gasteiger partial charge in [0.05, 0.1) is 12.2 Å². The first-order chi connectivity index (χ1) is 13.8. The van der Waals surface area contributed by atoms with Gasteiger partial charge < -0.3 is 10.1 Å². The van der Waals surface area contributed by atoms with E-state index in [9.17, 15) is 9.59 Å². The number of hydrogen-bond donors (Lipinski definition) is 1. The average Bonchev–Trinajstić information content (AvgIpc) is 2.65. The second kappa shape index (κ2) is 7.18. The van der Waals surface area contributed by atoms with Gasteiger partial charge in [-0.2, -0.15) is 0 Å². The van der Waals surface area contributed by atoms with E-state index in [0.29, 0.717) is 24.2 Å². The number of fused-ring (bicyclic) bond motifs is 1. The first kappa shape index (κ1) is 19.4. The first-order valence-corrected chi connectivity index (χ1v) is 10.2. The van der Waals surface area contributed by atoms with Crippen LogP contribution in [0.5, 0.6) is 0 Å². The lowest BCUT2D eigenvalue weighted by Crippen LogP contribution is -2.38. The number of nitrogens with one attached hydrogen (secondary N) is 1. The summed E-state index contributed by atoms with van der Waals surface area (Å²) in [6, 6.07) is 14.2. The maximum Gasteiger partial charge on any atom is 0.336 e. The van der Waals surface area contributed by atoms with E-state index in [1.165, 1.54) is 0 Å². The highest BCUT2D eigenvalue weighted by Crippen LogP contribution is 2.47. The minimum atomic E-state index is -0.417. The summed E-state index contributed by atoms with van der Waals surface area (Å²) < 4.78 is 5.40. The summed E-state index contributed by atoms with van der Waals surface area (Å²) in [4.78, 5) is 26.3. The molecular formula is C25H27NO3. The Bertz CT molecular complexity index is 1070. The van der Waals surface area contributed by atoms with Gasteiger partial charge in [0.15, 0.2) is 5.78 Å². The molecule has 1 N–H and O–H groups in total. The first-order valence-electron chi connectivity index (χ1n) is 10.2. The maximum absolute atomic E-state index is 13.3. The van der Waals surface area contributed by atoms with Gasteiger partial charge in [0.2, 0.25) is 0 Å². The summed E-state index contributed by atoms with van der Waals surface area (Å²) in [6.45, 7) is 8.23. The number of benzene rings is 2. The van der Waals surface area contributed by atoms with Gasteiger partial charge in [0.25, 0.3) is 0 Å². The van der Waals surface area contributed by atoms with Crippen LogP contribution in [0, 0.1) is 5.41 Å². The van der Waals surface area contributed by atoms with Gasteiger partial charge >= 0.3 is 5.97 Å². The van der Waals surface area contributed by atoms with Gasteiger partial charge in [-0.1, -0.05) is 56.3 Å². The van der Waals surface area contributed by atoms with E-state index in [4.69, 9.17) is 4.74 Å². The average molecular weight is 389 g/mol. The minimum absolute atomic E-state index is 0.103. The zero-order valence-electron chi connectivity index (χ0n) is 17.5. The van der Waals surface area contributed by atoms with Crippen molar-refractivity contribution in [1.29, 1.82) is 0 Å². The summed E-state index contributed by atoms with van der Waals surface area (Å²) in [5, 5.41) is 5.53. The van der Waals surface area contributed by atoms with Gasteiger partial charge in [0.1, 0.15) is 0 Å². The molecule has 2 aromatic rings. The van der Waals surface area contributed by atoms with Crippen molar-refractivity contribution in [2.75, 3.05) is 6.61 Å². The van der Waals surface area contributed by atoms with Gasteiger partial charge in [-0.15, -0.1) is 0 Å². The van der Waals surface area contributed by atoms with Gasteiger partial charge in [-0.3, -0.25) is 4.79 Å². The zero-order valence-corrected chi connectivity index (χ0v) is 17.5. The second-order valence-corrected chi connectivity index (χ2v) is 8.72. The second-order valence-electron chi connectivity index (χ2n) is 8.72. The fraction of sp³-hybridized carbons (Fsp3) is 0.360. The Balaban J connectivity index is 1.98. The molecule has 1 aliphatic heterocycles. The Morgan fingerprint density at radius 3 is 2.62 bits per heavy atom. The normalized spacial score (nSPS) is 21.1. The smallest absolute Gasteiger partial charge is 0.336 e. The highest BCUT2D eigenvalue weighted by atomic mass is 16.5. The third kappa shape index (κ3) is 3.37. The van der Waals surface area contributed by atoms with Crippen LogP contribution in [-0.2, 0) is 14.3 Å². The molecule has 1 atom stereocenters. The van der Waals surface area contributed by atoms with Crippen LogP contribution in [0.1, 0.15) is 52.0 Å². The molecule has 0 fully saturated rings. The molecule has 4 heteroatoms. The van der Waals surface area contributed by atoms with Crippen LogP contribution in [0.2, 0.25) is 0 Å². The molecule has 1 aliphatic carbocycles. The van der Waals surface area contributed by atoms with Crippen molar-refractivity contribution in [3.63, 3.8) is 0 Å². The molecule has 0 bridgehead atoms. The van der Waals surface area contributed by atoms with Gasteiger partial charge in [0, 0.05) is 29.3 Å². The van der Waals surface area contributed by atoms with E-state index in [-0.39, 0.29) is 17.2 Å². The number of dihydropyridines is 1. The Hall–Kier alpha value is -2.88. The number of carbonyl (C=O) groups is 2. The largest absolute Gasteiger partial charge is 0.463 e. The number of rotatable bonds is 3. The van der Waals surface area contributed by atoms with Gasteiger partial charge in [-0.25, -0.2) is 4.79 Å². The number of ketones is 1. The lowest BCUT2D eigenvalue weighted by Gasteiger charge is -2.39. The van der Waals surface area contributed by atoms with E-state index < -0.39 is 5.92 Å². The lowest BCUT2D eigenvalue weighted by atomic mass is 9.68. The summed E-state index contributed by atoms with van der Waals surface area (Å²) in [5.41, 5.74) is 3.84. The number of carbonyl (C=O) groups excluding carboxylic acids is 2. The molecule has 0 unspecified atom stereocenters. The molecule has 4 rings (SSSR count). The Kier molecular flexibility index (Phi) is 4.81. The Morgan fingerprint density at radius 1 is 1.14 bits per heavy atom. The maximum atomic E-state index is 13.3. The number of esters is 1. The molecule has 2 aliphatic rings. The van der Waals surface area contributed by atoms with Crippen LogP contribution in [0.4, 0.5) is 0 Å². The standard InChI is InChI=1S/C25H27NO3/c1-5-29-24(28)21-15(2)26-19-13-25(3,4)14-20(27)23(19)22(21)18-12-8-10-16-9-6-7-11-17(16)18/h6-12,22,26H,5,13-14H2,1-4H3/t22-/m1/s1. The van der Waals surface area contributed by atoms with Crippen LogP contribution in [0.25, 0.3) is 10.8 Å². The van der Waals surface area contributed by atoms with E-state index >= 15 is 0 Å². The topological polar surface area (TPSA) is 55.4 Å². The van der Waals surface area contributed by atoms with Crippen LogP contribution < -0.4 is 5.32 Å². The summed E-state index contributed by atoms with van der Waals surface area (Å²) in [7, 11) is 0. The Morgan fingerprint density at radius 2 is 1.86 bits per heavy atom. The minimum Gasteiger partial charge on any atom is -0.463 e. The molecule has 0 amide bonds. The molecule has 29 heavy (non-hydrogen) atoms. The van der Waals surface area contributed by atoms with Crippen molar-refractivity contribution >= 4 is 22.5 Å². The summed E-state index contributed by atoms with van der Waals surface area (Å²) >= 11 is 0. The molecule has 0 spiro atoms. The van der Waals surface area contributed by atoms with Crippen molar-refractivity contribution in [1.82, 2.24) is 5.32 Å². The van der Waals surface area contributed by atoms with E-state index in [1.54, 1.807) is 6.92 Å². The third-order valence-electron chi connectivity index (χ3n) is 5.87. The van der Waals surface area contributed by atoms with Gasteiger partial charge in [-0.05, 0) is 42.0 Å². The monoisotopic (exact) mass is 389 g/mol. The van der Waals surface area contributed by atoms with Crippen LogP contribution >= 0.6 is 0 Å². The van der Waals surface area contributed by atoms with E-state index in [2.05, 4.69) is 37.4 Å². The van der Waals surface area contributed by atoms with E-state index in [0.717, 1.165) is 34.2 Å². The number of hydrogen-bond acceptors (Lipinski definition) is 4. The zero-order chi connectivity index (χ0) is 20.8. The van der Waals surface area contributed by atoms with Crippen molar-refractivity contribution < 1.29 is 14.3 Å². The van der Waals surface area contributed by atoms with Crippen LogP contribution in [0.3, 0.4) is 0 Å². The molecule has 4 nitrogen and oxygen atoms in total. The highest BCUT2D eigenvalue weighted by molar-refractivity contribution is 6.05. The molecule has 150 valence electrons. The molecule has 1 heterocycles. The molecular weight excluding hydrogens is 362 g/mol. The van der Waals surface area contributed by atoms with Crippen LogP contribution in [0.15, 0.2) is 65.0 Å². The van der Waals surface area contributed by atoms with Crippen molar-refractivity contribution in [3.05, 3.63) is 70.6 Å². The lowest BCUT2D eigenvalue weighted by molar-refractivity contribution is -0.138. The van der Waals surface area contributed by atoms with E-state index in [1.807, 2.05) is 31.2 Å². The molecule has 2 aromatic carbocycles. The Labute approximate surface area is 171 Å². The molecule has 0 saturated carbocycles. The van der Waals surface area contributed by atoms with Crippen molar-refractivity contribution in [2.45, 2.75) is 46.5 Å².